The molecule has 0 bridgehead atoms. The Hall–Kier alpha value is -2.14. The number of aromatic nitrogens is 3. The molecule has 1 N–H and O–H groups in total. The van der Waals surface area contributed by atoms with Crippen molar-refractivity contribution in [1.29, 1.82) is 0 Å². The maximum absolute atomic E-state index is 4.35. The minimum Gasteiger partial charge on any atom is -0.381 e. The van der Waals surface area contributed by atoms with E-state index in [2.05, 4.69) is 52.8 Å². The quantitative estimate of drug-likeness (QED) is 0.747. The van der Waals surface area contributed by atoms with Crippen LogP contribution in [0.3, 0.4) is 0 Å². The number of benzene rings is 1. The van der Waals surface area contributed by atoms with Crippen LogP contribution in [-0.4, -0.2) is 14.8 Å². The number of hydrogen-bond donors (Lipinski definition) is 1. The van der Waals surface area contributed by atoms with Crippen molar-refractivity contribution in [2.45, 2.75) is 26.4 Å². The fourth-order valence-electron chi connectivity index (χ4n) is 2.18. The summed E-state index contributed by atoms with van der Waals surface area (Å²) >= 11 is 1.66. The van der Waals surface area contributed by atoms with Gasteiger partial charge in [-0.1, -0.05) is 19.1 Å². The Bertz CT molecular complexity index is 688. The van der Waals surface area contributed by atoms with Crippen LogP contribution in [0.5, 0.6) is 0 Å². The fourth-order valence-corrected chi connectivity index (χ4v) is 2.82. The van der Waals surface area contributed by atoms with Crippen molar-refractivity contribution >= 4 is 17.0 Å². The molecule has 0 fully saturated rings. The van der Waals surface area contributed by atoms with Crippen molar-refractivity contribution < 1.29 is 0 Å². The van der Waals surface area contributed by atoms with Crippen molar-refractivity contribution in [3.63, 3.8) is 0 Å². The maximum atomic E-state index is 4.35. The summed E-state index contributed by atoms with van der Waals surface area (Å²) in [6.07, 6.45) is 6.96. The number of nitrogens with one attached hydrogen (secondary N) is 1. The number of anilines is 1. The highest BCUT2D eigenvalue weighted by Crippen LogP contribution is 2.24. The molecule has 0 saturated carbocycles. The SMILES string of the molecule is CCCn1cc(CNc2cccc(-c3nccs3)c2)cn1. The summed E-state index contributed by atoms with van der Waals surface area (Å²) in [6, 6.07) is 8.35. The molecule has 0 atom stereocenters. The van der Waals surface area contributed by atoms with Crippen LogP contribution in [0.2, 0.25) is 0 Å². The monoisotopic (exact) mass is 298 g/mol. The second-order valence-electron chi connectivity index (χ2n) is 4.88. The molecule has 2 heterocycles. The molecule has 3 rings (SSSR count). The fraction of sp³-hybridized carbons (Fsp3) is 0.250. The highest BCUT2D eigenvalue weighted by Gasteiger charge is 2.02. The Morgan fingerprint density at radius 3 is 3.10 bits per heavy atom. The van der Waals surface area contributed by atoms with Crippen molar-refractivity contribution in [2.24, 2.45) is 0 Å². The van der Waals surface area contributed by atoms with Gasteiger partial charge in [0.25, 0.3) is 0 Å². The van der Waals surface area contributed by atoms with Gasteiger partial charge in [-0.3, -0.25) is 4.68 Å². The van der Waals surface area contributed by atoms with E-state index >= 15 is 0 Å². The largest absolute Gasteiger partial charge is 0.381 e. The smallest absolute Gasteiger partial charge is 0.123 e. The molecule has 0 spiro atoms. The summed E-state index contributed by atoms with van der Waals surface area (Å²) < 4.78 is 1.99. The number of nitrogens with zero attached hydrogens (tertiary/aromatic N) is 3. The van der Waals surface area contributed by atoms with Crippen molar-refractivity contribution in [3.05, 3.63) is 53.8 Å². The van der Waals surface area contributed by atoms with Gasteiger partial charge in [-0.05, 0) is 18.6 Å². The Labute approximate surface area is 128 Å². The van der Waals surface area contributed by atoms with E-state index in [0.29, 0.717) is 0 Å². The van der Waals surface area contributed by atoms with Crippen LogP contribution in [0.4, 0.5) is 5.69 Å². The van der Waals surface area contributed by atoms with Gasteiger partial charge in [0.2, 0.25) is 0 Å². The number of thiazole rings is 1. The zero-order valence-electron chi connectivity index (χ0n) is 12.0. The van der Waals surface area contributed by atoms with Crippen molar-refractivity contribution in [3.8, 4) is 10.6 Å². The summed E-state index contributed by atoms with van der Waals surface area (Å²) in [6.45, 7) is 3.91. The molecule has 5 heteroatoms. The third kappa shape index (κ3) is 3.49. The van der Waals surface area contributed by atoms with Gasteiger partial charge in [0.15, 0.2) is 0 Å². The molecule has 0 aliphatic carbocycles. The molecule has 0 aliphatic heterocycles. The topological polar surface area (TPSA) is 42.7 Å². The lowest BCUT2D eigenvalue weighted by Gasteiger charge is -2.06. The predicted octanol–water partition coefficient (Wildman–Crippen LogP) is 4.03. The van der Waals surface area contributed by atoms with E-state index in [4.69, 9.17) is 0 Å². The molecule has 0 amide bonds. The predicted molar refractivity (Wildman–Crippen MR) is 87.4 cm³/mol. The van der Waals surface area contributed by atoms with E-state index in [1.807, 2.05) is 22.5 Å². The van der Waals surface area contributed by atoms with Crippen LogP contribution in [0, 0.1) is 0 Å². The van der Waals surface area contributed by atoms with Gasteiger partial charge in [-0.15, -0.1) is 11.3 Å². The standard InChI is InChI=1S/C16H18N4S/c1-2-7-20-12-13(11-19-20)10-18-15-5-3-4-14(9-15)16-17-6-8-21-16/h3-6,8-9,11-12,18H,2,7,10H2,1H3. The third-order valence-corrected chi connectivity index (χ3v) is 4.00. The second kappa shape index (κ2) is 6.54. The van der Waals surface area contributed by atoms with Gasteiger partial charge in [0, 0.05) is 47.7 Å². The minimum absolute atomic E-state index is 0.783. The van der Waals surface area contributed by atoms with E-state index in [1.54, 1.807) is 11.3 Å². The molecular weight excluding hydrogens is 280 g/mol. The van der Waals surface area contributed by atoms with Crippen LogP contribution in [0.25, 0.3) is 10.6 Å². The summed E-state index contributed by atoms with van der Waals surface area (Å²) in [5.41, 5.74) is 3.45. The van der Waals surface area contributed by atoms with Crippen LogP contribution in [0.15, 0.2) is 48.2 Å². The normalized spacial score (nSPS) is 10.7. The average Bonchev–Trinajstić information content (AvgIpc) is 3.18. The summed E-state index contributed by atoms with van der Waals surface area (Å²) in [7, 11) is 0. The number of rotatable bonds is 6. The molecule has 0 aliphatic rings. The highest BCUT2D eigenvalue weighted by molar-refractivity contribution is 7.13. The van der Waals surface area contributed by atoms with Gasteiger partial charge >= 0.3 is 0 Å². The highest BCUT2D eigenvalue weighted by atomic mass is 32.1. The molecule has 21 heavy (non-hydrogen) atoms. The van der Waals surface area contributed by atoms with Crippen LogP contribution < -0.4 is 5.32 Å². The first kappa shape index (κ1) is 13.8. The van der Waals surface area contributed by atoms with E-state index in [1.165, 1.54) is 5.56 Å². The van der Waals surface area contributed by atoms with Crippen LogP contribution in [0.1, 0.15) is 18.9 Å². The Kier molecular flexibility index (Phi) is 4.31. The zero-order valence-corrected chi connectivity index (χ0v) is 12.8. The molecule has 0 saturated heterocycles. The van der Waals surface area contributed by atoms with Gasteiger partial charge in [0.05, 0.1) is 6.20 Å². The molecular formula is C16H18N4S. The summed E-state index contributed by atoms with van der Waals surface area (Å²) in [4.78, 5) is 4.35. The molecule has 0 radical (unpaired) electrons. The van der Waals surface area contributed by atoms with E-state index in [-0.39, 0.29) is 0 Å². The van der Waals surface area contributed by atoms with E-state index in [0.717, 1.165) is 35.8 Å². The van der Waals surface area contributed by atoms with E-state index in [9.17, 15) is 0 Å². The average molecular weight is 298 g/mol. The van der Waals surface area contributed by atoms with Gasteiger partial charge in [-0.2, -0.15) is 5.10 Å². The first-order valence-electron chi connectivity index (χ1n) is 7.10. The van der Waals surface area contributed by atoms with Crippen molar-refractivity contribution in [1.82, 2.24) is 14.8 Å². The third-order valence-electron chi connectivity index (χ3n) is 3.18. The number of hydrogen-bond acceptors (Lipinski definition) is 4. The summed E-state index contributed by atoms with van der Waals surface area (Å²) in [5.74, 6) is 0. The first-order valence-corrected chi connectivity index (χ1v) is 7.98. The summed E-state index contributed by atoms with van der Waals surface area (Å²) in [5, 5.41) is 10.8. The molecule has 108 valence electrons. The minimum atomic E-state index is 0.783. The lowest BCUT2D eigenvalue weighted by atomic mass is 10.2. The van der Waals surface area contributed by atoms with Gasteiger partial charge < -0.3 is 5.32 Å². The Balaban J connectivity index is 1.66. The van der Waals surface area contributed by atoms with Gasteiger partial charge in [-0.25, -0.2) is 4.98 Å². The lowest BCUT2D eigenvalue weighted by Crippen LogP contribution is -1.99. The molecule has 3 aromatic rings. The van der Waals surface area contributed by atoms with Gasteiger partial charge in [0.1, 0.15) is 5.01 Å². The first-order chi connectivity index (χ1) is 10.3. The van der Waals surface area contributed by atoms with E-state index < -0.39 is 0 Å². The second-order valence-corrected chi connectivity index (χ2v) is 5.78. The Morgan fingerprint density at radius 1 is 1.33 bits per heavy atom. The molecule has 2 aromatic heterocycles. The maximum Gasteiger partial charge on any atom is 0.123 e. The lowest BCUT2D eigenvalue weighted by molar-refractivity contribution is 0.602. The number of aryl methyl sites for hydroxylation is 1. The molecule has 4 nitrogen and oxygen atoms in total. The van der Waals surface area contributed by atoms with Crippen molar-refractivity contribution in [2.75, 3.05) is 5.32 Å². The van der Waals surface area contributed by atoms with Crippen LogP contribution >= 0.6 is 11.3 Å². The molecule has 0 unspecified atom stereocenters. The zero-order chi connectivity index (χ0) is 14.5. The van der Waals surface area contributed by atoms with Crippen LogP contribution in [-0.2, 0) is 13.1 Å². The Morgan fingerprint density at radius 2 is 2.29 bits per heavy atom. The molecule has 1 aromatic carbocycles.